The lowest BCUT2D eigenvalue weighted by molar-refractivity contribution is -0.120. The summed E-state index contributed by atoms with van der Waals surface area (Å²) in [7, 11) is 1.28. The summed E-state index contributed by atoms with van der Waals surface area (Å²) in [6.07, 6.45) is 1.73. The predicted molar refractivity (Wildman–Crippen MR) is 89.9 cm³/mol. The molecule has 126 valence electrons. The number of esters is 1. The van der Waals surface area contributed by atoms with Crippen molar-refractivity contribution in [2.75, 3.05) is 19.0 Å². The van der Waals surface area contributed by atoms with Gasteiger partial charge in [0, 0.05) is 13.0 Å². The van der Waals surface area contributed by atoms with Crippen LogP contribution < -0.4 is 10.6 Å². The average Bonchev–Trinajstić information content (AvgIpc) is 3.03. The second kappa shape index (κ2) is 8.78. The Morgan fingerprint density at radius 1 is 1.17 bits per heavy atom. The zero-order chi connectivity index (χ0) is 17.4. The number of anilines is 1. The molecule has 1 heterocycles. The molecule has 0 saturated carbocycles. The van der Waals surface area contributed by atoms with Gasteiger partial charge in [0.2, 0.25) is 11.8 Å². The first-order valence-electron chi connectivity index (χ1n) is 7.23. The number of nitrogens with one attached hydrogen (secondary N) is 2. The fourth-order valence-corrected chi connectivity index (χ4v) is 2.62. The number of carbonyl (C=O) groups excluding carboxylic acids is 3. The second-order valence-electron chi connectivity index (χ2n) is 4.83. The van der Waals surface area contributed by atoms with Gasteiger partial charge in [-0.05, 0) is 5.56 Å². The number of benzene rings is 1. The minimum atomic E-state index is -0.499. The summed E-state index contributed by atoms with van der Waals surface area (Å²) in [6.45, 7) is 0.229. The minimum absolute atomic E-state index is 0.119. The molecular weight excluding hydrogens is 330 g/mol. The van der Waals surface area contributed by atoms with Crippen molar-refractivity contribution in [1.29, 1.82) is 0 Å². The molecule has 2 rings (SSSR count). The molecule has 2 amide bonds. The highest BCUT2D eigenvalue weighted by molar-refractivity contribution is 7.17. The molecule has 0 unspecified atom stereocenters. The first kappa shape index (κ1) is 17.6. The van der Waals surface area contributed by atoms with Gasteiger partial charge in [-0.3, -0.25) is 9.59 Å². The normalized spacial score (nSPS) is 10.0. The van der Waals surface area contributed by atoms with E-state index in [0.29, 0.717) is 10.0 Å². The number of ether oxygens (including phenoxy) is 1. The Morgan fingerprint density at radius 3 is 2.62 bits per heavy atom. The molecular formula is C16H17N3O4S. The molecule has 1 aromatic carbocycles. The summed E-state index contributed by atoms with van der Waals surface area (Å²) in [5, 5.41) is 5.58. The Balaban J connectivity index is 1.70. The van der Waals surface area contributed by atoms with Crippen molar-refractivity contribution < 1.29 is 19.1 Å². The van der Waals surface area contributed by atoms with Gasteiger partial charge in [-0.25, -0.2) is 9.78 Å². The molecule has 8 heteroatoms. The van der Waals surface area contributed by atoms with Crippen LogP contribution in [0.15, 0.2) is 36.5 Å². The lowest BCUT2D eigenvalue weighted by Crippen LogP contribution is -2.28. The van der Waals surface area contributed by atoms with Gasteiger partial charge >= 0.3 is 5.97 Å². The van der Waals surface area contributed by atoms with E-state index in [0.717, 1.165) is 16.9 Å². The third-order valence-electron chi connectivity index (χ3n) is 3.02. The number of amides is 2. The average molecular weight is 347 g/mol. The summed E-state index contributed by atoms with van der Waals surface area (Å²) in [4.78, 5) is 39.1. The summed E-state index contributed by atoms with van der Waals surface area (Å²) in [5.41, 5.74) is 0.914. The third kappa shape index (κ3) is 5.47. The van der Waals surface area contributed by atoms with Crippen LogP contribution in [0, 0.1) is 0 Å². The van der Waals surface area contributed by atoms with Crippen molar-refractivity contribution in [3.05, 3.63) is 47.0 Å². The van der Waals surface area contributed by atoms with Gasteiger partial charge in [0.25, 0.3) is 0 Å². The van der Waals surface area contributed by atoms with E-state index in [1.807, 2.05) is 30.3 Å². The van der Waals surface area contributed by atoms with Gasteiger partial charge in [0.05, 0.1) is 19.7 Å². The van der Waals surface area contributed by atoms with E-state index >= 15 is 0 Å². The summed E-state index contributed by atoms with van der Waals surface area (Å²) >= 11 is 1.03. The first-order chi connectivity index (χ1) is 11.6. The number of rotatable bonds is 7. The highest BCUT2D eigenvalue weighted by Crippen LogP contribution is 2.18. The number of hydrogen-bond acceptors (Lipinski definition) is 6. The summed E-state index contributed by atoms with van der Waals surface area (Å²) < 4.78 is 4.57. The standard InChI is InChI=1S/C16H17N3O4S/c1-23-15(22)12-10-18-16(24-12)19-13(20)7-8-17-14(21)9-11-5-3-2-4-6-11/h2-6,10H,7-9H2,1H3,(H,17,21)(H,18,19,20). The maximum absolute atomic E-state index is 11.8. The van der Waals surface area contributed by atoms with Crippen molar-refractivity contribution in [2.45, 2.75) is 12.8 Å². The minimum Gasteiger partial charge on any atom is -0.465 e. The number of methoxy groups -OCH3 is 1. The van der Waals surface area contributed by atoms with Crippen molar-refractivity contribution in [2.24, 2.45) is 0 Å². The van der Waals surface area contributed by atoms with Gasteiger partial charge in [-0.1, -0.05) is 41.7 Å². The highest BCUT2D eigenvalue weighted by Gasteiger charge is 2.12. The van der Waals surface area contributed by atoms with Gasteiger partial charge in [-0.15, -0.1) is 0 Å². The highest BCUT2D eigenvalue weighted by atomic mass is 32.1. The Kier molecular flexibility index (Phi) is 6.44. The van der Waals surface area contributed by atoms with Crippen molar-refractivity contribution in [3.8, 4) is 0 Å². The van der Waals surface area contributed by atoms with E-state index in [4.69, 9.17) is 0 Å². The molecule has 0 fully saturated rings. The van der Waals surface area contributed by atoms with Gasteiger partial charge in [0.15, 0.2) is 5.13 Å². The van der Waals surface area contributed by atoms with Crippen molar-refractivity contribution in [1.82, 2.24) is 10.3 Å². The van der Waals surface area contributed by atoms with Gasteiger partial charge in [-0.2, -0.15) is 0 Å². The maximum Gasteiger partial charge on any atom is 0.349 e. The predicted octanol–water partition coefficient (Wildman–Crippen LogP) is 1.62. The monoisotopic (exact) mass is 347 g/mol. The fourth-order valence-electron chi connectivity index (χ4n) is 1.87. The van der Waals surface area contributed by atoms with Crippen LogP contribution >= 0.6 is 11.3 Å². The van der Waals surface area contributed by atoms with E-state index in [-0.39, 0.29) is 31.2 Å². The summed E-state index contributed by atoms with van der Waals surface area (Å²) in [5.74, 6) is -0.932. The van der Waals surface area contributed by atoms with E-state index in [9.17, 15) is 14.4 Å². The molecule has 2 aromatic rings. The molecule has 1 aromatic heterocycles. The SMILES string of the molecule is COC(=O)c1cnc(NC(=O)CCNC(=O)Cc2ccccc2)s1. The van der Waals surface area contributed by atoms with E-state index in [2.05, 4.69) is 20.4 Å². The third-order valence-corrected chi connectivity index (χ3v) is 3.91. The Labute approximate surface area is 143 Å². The van der Waals surface area contributed by atoms with Gasteiger partial charge < -0.3 is 15.4 Å². The molecule has 0 spiro atoms. The molecule has 7 nitrogen and oxygen atoms in total. The molecule has 0 saturated heterocycles. The number of aromatic nitrogens is 1. The summed E-state index contributed by atoms with van der Waals surface area (Å²) in [6, 6.07) is 9.36. The van der Waals surface area contributed by atoms with Crippen LogP contribution in [0.2, 0.25) is 0 Å². The number of hydrogen-bond donors (Lipinski definition) is 2. The van der Waals surface area contributed by atoms with Crippen LogP contribution in [0.1, 0.15) is 21.7 Å². The van der Waals surface area contributed by atoms with Crippen molar-refractivity contribution in [3.63, 3.8) is 0 Å². The van der Waals surface area contributed by atoms with E-state index in [1.54, 1.807) is 0 Å². The van der Waals surface area contributed by atoms with Crippen LogP contribution in [0.4, 0.5) is 5.13 Å². The Morgan fingerprint density at radius 2 is 1.92 bits per heavy atom. The van der Waals surface area contributed by atoms with Crippen LogP contribution in [0.3, 0.4) is 0 Å². The molecule has 24 heavy (non-hydrogen) atoms. The first-order valence-corrected chi connectivity index (χ1v) is 8.04. The molecule has 2 N–H and O–H groups in total. The molecule has 0 atom stereocenters. The number of carbonyl (C=O) groups is 3. The zero-order valence-corrected chi connectivity index (χ0v) is 13.9. The maximum atomic E-state index is 11.8. The van der Waals surface area contributed by atoms with E-state index in [1.165, 1.54) is 13.3 Å². The molecule has 0 aliphatic carbocycles. The van der Waals surface area contributed by atoms with Crippen LogP contribution in [0.5, 0.6) is 0 Å². The largest absolute Gasteiger partial charge is 0.465 e. The van der Waals surface area contributed by atoms with E-state index < -0.39 is 5.97 Å². The van der Waals surface area contributed by atoms with Crippen LogP contribution in [-0.2, 0) is 20.7 Å². The Bertz CT molecular complexity index is 715. The van der Waals surface area contributed by atoms with Crippen LogP contribution in [0.25, 0.3) is 0 Å². The lowest BCUT2D eigenvalue weighted by Gasteiger charge is -2.05. The second-order valence-corrected chi connectivity index (χ2v) is 5.86. The topological polar surface area (TPSA) is 97.4 Å². The Hall–Kier alpha value is -2.74. The van der Waals surface area contributed by atoms with Crippen molar-refractivity contribution >= 4 is 34.3 Å². The van der Waals surface area contributed by atoms with Gasteiger partial charge in [0.1, 0.15) is 4.88 Å². The quantitative estimate of drug-likeness (QED) is 0.742. The molecule has 0 bridgehead atoms. The molecule has 0 aliphatic rings. The fraction of sp³-hybridized carbons (Fsp3) is 0.250. The number of nitrogens with zero attached hydrogens (tertiary/aromatic N) is 1. The van der Waals surface area contributed by atoms with Crippen LogP contribution in [-0.4, -0.2) is 36.4 Å². The molecule has 0 aliphatic heterocycles. The smallest absolute Gasteiger partial charge is 0.349 e. The molecule has 0 radical (unpaired) electrons. The number of thiazole rings is 1. The lowest BCUT2D eigenvalue weighted by atomic mass is 10.1. The zero-order valence-electron chi connectivity index (χ0n) is 13.1.